The van der Waals surface area contributed by atoms with Gasteiger partial charge >= 0.3 is 0 Å². The first kappa shape index (κ1) is 9.59. The summed E-state index contributed by atoms with van der Waals surface area (Å²) in [6.45, 7) is 0. The molecule has 1 aromatic rings. The molecule has 0 saturated heterocycles. The fraction of sp³-hybridized carbons (Fsp3) is 0.0769. The van der Waals surface area contributed by atoms with Crippen molar-refractivity contribution in [1.82, 2.24) is 4.98 Å². The van der Waals surface area contributed by atoms with E-state index in [0.717, 1.165) is 17.8 Å². The lowest BCUT2D eigenvalue weighted by atomic mass is 10.3. The minimum absolute atomic E-state index is 0.875. The van der Waals surface area contributed by atoms with Gasteiger partial charge in [0.05, 0.1) is 17.6 Å². The number of aromatic nitrogens is 1. The highest BCUT2D eigenvalue weighted by molar-refractivity contribution is 5.77. The Morgan fingerprint density at radius 3 is 3.13 bits per heavy atom. The zero-order valence-electron chi connectivity index (χ0n) is 8.38. The molecular formula is C13H12N2. The average Bonchev–Trinajstić information content (AvgIpc) is 2.56. The Labute approximate surface area is 89.4 Å². The maximum absolute atomic E-state index is 4.35. The van der Waals surface area contributed by atoms with Gasteiger partial charge in [-0.3, -0.25) is 9.98 Å². The molecule has 1 aliphatic rings. The predicted molar refractivity (Wildman–Crippen MR) is 62.8 cm³/mol. The molecule has 0 amide bonds. The van der Waals surface area contributed by atoms with Crippen LogP contribution in [0.4, 0.5) is 0 Å². The van der Waals surface area contributed by atoms with E-state index in [9.17, 15) is 0 Å². The first-order valence-electron chi connectivity index (χ1n) is 4.93. The number of rotatable bonds is 2. The van der Waals surface area contributed by atoms with Crippen LogP contribution in [0, 0.1) is 0 Å². The molecule has 0 radical (unpaired) electrons. The third-order valence-electron chi connectivity index (χ3n) is 2.00. The number of allylic oxidation sites excluding steroid dienone is 5. The van der Waals surface area contributed by atoms with E-state index in [1.54, 1.807) is 12.4 Å². The molecule has 0 saturated carbocycles. The molecule has 1 aromatic heterocycles. The average molecular weight is 196 g/mol. The molecule has 15 heavy (non-hydrogen) atoms. The second-order valence-corrected chi connectivity index (χ2v) is 3.17. The van der Waals surface area contributed by atoms with Crippen molar-refractivity contribution in [2.75, 3.05) is 0 Å². The molecule has 2 nitrogen and oxygen atoms in total. The quantitative estimate of drug-likeness (QED) is 0.668. The van der Waals surface area contributed by atoms with Crippen molar-refractivity contribution in [3.05, 3.63) is 66.2 Å². The summed E-state index contributed by atoms with van der Waals surface area (Å²) in [5, 5.41) is 0. The number of hydrogen-bond acceptors (Lipinski definition) is 2. The fourth-order valence-electron chi connectivity index (χ4n) is 1.25. The van der Waals surface area contributed by atoms with Crippen LogP contribution in [-0.2, 0) is 0 Å². The van der Waals surface area contributed by atoms with Gasteiger partial charge in [0, 0.05) is 6.20 Å². The summed E-state index contributed by atoms with van der Waals surface area (Å²) in [6.07, 6.45) is 14.7. The van der Waals surface area contributed by atoms with Crippen molar-refractivity contribution in [3.8, 4) is 0 Å². The van der Waals surface area contributed by atoms with Gasteiger partial charge in [0.15, 0.2) is 0 Å². The van der Waals surface area contributed by atoms with Gasteiger partial charge in [-0.1, -0.05) is 24.3 Å². The van der Waals surface area contributed by atoms with Crippen molar-refractivity contribution in [1.29, 1.82) is 0 Å². The van der Waals surface area contributed by atoms with Crippen molar-refractivity contribution < 1.29 is 0 Å². The Morgan fingerprint density at radius 2 is 2.27 bits per heavy atom. The third-order valence-corrected chi connectivity index (χ3v) is 2.00. The van der Waals surface area contributed by atoms with E-state index in [1.165, 1.54) is 0 Å². The van der Waals surface area contributed by atoms with Gasteiger partial charge in [-0.15, -0.1) is 0 Å². The number of hydrogen-bond donors (Lipinski definition) is 0. The van der Waals surface area contributed by atoms with Crippen molar-refractivity contribution in [2.24, 2.45) is 4.99 Å². The maximum atomic E-state index is 4.35. The van der Waals surface area contributed by atoms with E-state index in [1.807, 2.05) is 36.4 Å². The molecule has 1 aliphatic carbocycles. The van der Waals surface area contributed by atoms with Crippen LogP contribution in [-0.4, -0.2) is 11.2 Å². The van der Waals surface area contributed by atoms with Crippen LogP contribution >= 0.6 is 0 Å². The van der Waals surface area contributed by atoms with E-state index in [0.29, 0.717) is 0 Å². The monoisotopic (exact) mass is 196 g/mol. The van der Waals surface area contributed by atoms with E-state index in [2.05, 4.69) is 22.1 Å². The molecule has 74 valence electrons. The highest BCUT2D eigenvalue weighted by Gasteiger charge is 1.89. The predicted octanol–water partition coefficient (Wildman–Crippen LogP) is 2.90. The normalized spacial score (nSPS) is 15.3. The second kappa shape index (κ2) is 5.05. The zero-order valence-corrected chi connectivity index (χ0v) is 8.38. The molecule has 0 aromatic carbocycles. The van der Waals surface area contributed by atoms with Crippen LogP contribution < -0.4 is 0 Å². The van der Waals surface area contributed by atoms with Crippen molar-refractivity contribution in [3.63, 3.8) is 0 Å². The van der Waals surface area contributed by atoms with Gasteiger partial charge in [0.25, 0.3) is 0 Å². The first-order valence-corrected chi connectivity index (χ1v) is 4.93. The Kier molecular flexibility index (Phi) is 3.23. The highest BCUT2D eigenvalue weighted by Crippen LogP contribution is 2.05. The summed E-state index contributed by atoms with van der Waals surface area (Å²) in [4.78, 5) is 8.52. The zero-order chi connectivity index (χ0) is 10.3. The van der Waals surface area contributed by atoms with Gasteiger partial charge in [-0.2, -0.15) is 0 Å². The molecule has 2 heteroatoms. The summed E-state index contributed by atoms with van der Waals surface area (Å²) in [5.41, 5.74) is 1.83. The van der Waals surface area contributed by atoms with Gasteiger partial charge in [-0.25, -0.2) is 0 Å². The summed E-state index contributed by atoms with van der Waals surface area (Å²) in [7, 11) is 0. The smallest absolute Gasteiger partial charge is 0.0812 e. The van der Waals surface area contributed by atoms with Gasteiger partial charge in [-0.05, 0) is 30.7 Å². The van der Waals surface area contributed by atoms with Gasteiger partial charge in [0.2, 0.25) is 0 Å². The topological polar surface area (TPSA) is 25.2 Å². The lowest BCUT2D eigenvalue weighted by molar-refractivity contribution is 1.29. The molecule has 1 heterocycles. The Bertz CT molecular complexity index is 425. The summed E-state index contributed by atoms with van der Waals surface area (Å²) in [6, 6.07) is 5.77. The molecule has 0 spiro atoms. The standard InChI is InChI=1S/C13H12N2/c1-2-4-8-12(7-3-1)15-11-13-9-5-6-10-14-13/h1,3-11H,2H2. The highest BCUT2D eigenvalue weighted by atomic mass is 14.8. The van der Waals surface area contributed by atoms with E-state index in [4.69, 9.17) is 0 Å². The third kappa shape index (κ3) is 3.02. The van der Waals surface area contributed by atoms with Crippen LogP contribution in [0.25, 0.3) is 0 Å². The van der Waals surface area contributed by atoms with Crippen LogP contribution in [0.5, 0.6) is 0 Å². The van der Waals surface area contributed by atoms with E-state index >= 15 is 0 Å². The molecule has 2 rings (SSSR count). The number of nitrogens with zero attached hydrogens (tertiary/aromatic N) is 2. The second-order valence-electron chi connectivity index (χ2n) is 3.17. The van der Waals surface area contributed by atoms with Crippen molar-refractivity contribution in [2.45, 2.75) is 6.42 Å². The summed E-state index contributed by atoms with van der Waals surface area (Å²) < 4.78 is 0. The molecular weight excluding hydrogens is 184 g/mol. The molecule has 0 unspecified atom stereocenters. The fourth-order valence-corrected chi connectivity index (χ4v) is 1.25. The van der Waals surface area contributed by atoms with Crippen LogP contribution in [0.1, 0.15) is 12.1 Å². The molecule has 0 atom stereocenters. The first-order chi connectivity index (χ1) is 7.45. The minimum atomic E-state index is 0.875. The summed E-state index contributed by atoms with van der Waals surface area (Å²) in [5.74, 6) is 0. The van der Waals surface area contributed by atoms with Gasteiger partial charge < -0.3 is 0 Å². The maximum Gasteiger partial charge on any atom is 0.0812 e. The Morgan fingerprint density at radius 1 is 1.27 bits per heavy atom. The molecule has 0 aliphatic heterocycles. The van der Waals surface area contributed by atoms with E-state index < -0.39 is 0 Å². The lowest BCUT2D eigenvalue weighted by Crippen LogP contribution is -1.85. The number of pyridine rings is 1. The minimum Gasteiger partial charge on any atom is -0.255 e. The van der Waals surface area contributed by atoms with Gasteiger partial charge in [0.1, 0.15) is 0 Å². The Balaban J connectivity index is 2.12. The lowest BCUT2D eigenvalue weighted by Gasteiger charge is -1.91. The van der Waals surface area contributed by atoms with E-state index in [-0.39, 0.29) is 0 Å². The Hall–Kier alpha value is -1.96. The number of aliphatic imine (C=N–C) groups is 1. The SMILES string of the molecule is C1=CCC=CC(N=Cc2ccccn2)=C1. The van der Waals surface area contributed by atoms with Crippen LogP contribution in [0.2, 0.25) is 0 Å². The van der Waals surface area contributed by atoms with Crippen LogP contribution in [0.3, 0.4) is 0 Å². The molecule has 0 fully saturated rings. The molecule has 0 N–H and O–H groups in total. The van der Waals surface area contributed by atoms with Crippen LogP contribution in [0.15, 0.2) is 65.5 Å². The summed E-state index contributed by atoms with van der Waals surface area (Å²) >= 11 is 0. The van der Waals surface area contributed by atoms with Crippen molar-refractivity contribution >= 4 is 6.21 Å². The molecule has 0 bridgehead atoms. The largest absolute Gasteiger partial charge is 0.255 e.